The van der Waals surface area contributed by atoms with Gasteiger partial charge in [0.2, 0.25) is 0 Å². The summed E-state index contributed by atoms with van der Waals surface area (Å²) in [5.74, 6) is 0. The van der Waals surface area contributed by atoms with E-state index in [4.69, 9.17) is 21.1 Å². The quantitative estimate of drug-likeness (QED) is 0.412. The Kier molecular flexibility index (Phi) is 7.96. The molecule has 8 atom stereocenters. The molecule has 0 radical (unpaired) electrons. The molecule has 0 aliphatic carbocycles. The Morgan fingerprint density at radius 1 is 1.14 bits per heavy atom. The van der Waals surface area contributed by atoms with Crippen LogP contribution in [0, 0.1) is 0 Å². The van der Waals surface area contributed by atoms with Gasteiger partial charge in [-0.2, -0.15) is 0 Å². The molecule has 2 fully saturated rings. The van der Waals surface area contributed by atoms with Gasteiger partial charge in [-0.15, -0.1) is 17.3 Å². The average molecular weight is 523 g/mol. The van der Waals surface area contributed by atoms with Crippen LogP contribution in [-0.2, 0) is 9.47 Å². The Morgan fingerprint density at radius 3 is 2.55 bits per heavy atom. The van der Waals surface area contributed by atoms with Crippen molar-refractivity contribution in [2.24, 2.45) is 0 Å². The molecule has 2 bridgehead atoms. The van der Waals surface area contributed by atoms with Crippen LogP contribution in [-0.4, -0.2) is 50.7 Å². The number of rotatable bonds is 1. The van der Waals surface area contributed by atoms with Gasteiger partial charge in [0.15, 0.2) is 0 Å². The second-order valence-electron chi connectivity index (χ2n) is 5.78. The van der Waals surface area contributed by atoms with Crippen LogP contribution in [0.25, 0.3) is 0 Å². The second kappa shape index (κ2) is 9.00. The first kappa shape index (κ1) is 19.5. The van der Waals surface area contributed by atoms with Gasteiger partial charge >= 0.3 is 0 Å². The molecule has 1 N–H and O–H groups in total. The van der Waals surface area contributed by atoms with Crippen LogP contribution in [0.5, 0.6) is 0 Å². The fourth-order valence-corrected chi connectivity index (χ4v) is 5.44. The van der Waals surface area contributed by atoms with Crippen molar-refractivity contribution in [1.29, 1.82) is 0 Å². The zero-order valence-electron chi connectivity index (χ0n) is 12.2. The molecule has 0 spiro atoms. The molecule has 0 saturated carbocycles. The smallest absolute Gasteiger partial charge is 0.0924 e. The van der Waals surface area contributed by atoms with Crippen molar-refractivity contribution < 1.29 is 14.6 Å². The van der Waals surface area contributed by atoms with Crippen molar-refractivity contribution in [3.05, 3.63) is 16.8 Å². The molecule has 0 aromatic heterocycles. The maximum atomic E-state index is 10.4. The highest BCUT2D eigenvalue weighted by molar-refractivity contribution is 9.11. The number of fused-ring (bicyclic) bond motifs is 2. The summed E-state index contributed by atoms with van der Waals surface area (Å²) in [6.07, 6.45) is 2.96. The lowest BCUT2D eigenvalue weighted by Gasteiger charge is -2.28. The van der Waals surface area contributed by atoms with Crippen molar-refractivity contribution in [2.75, 3.05) is 0 Å². The molecule has 0 aromatic rings. The van der Waals surface area contributed by atoms with E-state index < -0.39 is 6.10 Å². The highest BCUT2D eigenvalue weighted by Gasteiger charge is 2.41. The summed E-state index contributed by atoms with van der Waals surface area (Å²) < 4.78 is 12.1. The van der Waals surface area contributed by atoms with Crippen molar-refractivity contribution in [3.63, 3.8) is 0 Å². The Hall–Kier alpha value is 1.13. The number of hydrogen-bond acceptors (Lipinski definition) is 3. The number of halogens is 4. The summed E-state index contributed by atoms with van der Waals surface area (Å²) in [6, 6.07) is 0. The number of aliphatic hydroxyl groups is 1. The summed E-state index contributed by atoms with van der Waals surface area (Å²) in [6.45, 7) is 1.88. The van der Waals surface area contributed by atoms with Gasteiger partial charge in [0.25, 0.3) is 0 Å². The molecule has 2 saturated heterocycles. The number of alkyl halides is 3. The molecule has 22 heavy (non-hydrogen) atoms. The third-order valence-corrected chi connectivity index (χ3v) is 6.72. The first-order valence-corrected chi connectivity index (χ1v) is 10.5. The summed E-state index contributed by atoms with van der Waals surface area (Å²) >= 11 is 16.9. The third kappa shape index (κ3) is 5.06. The van der Waals surface area contributed by atoms with E-state index in [0.717, 1.165) is 12.8 Å². The van der Waals surface area contributed by atoms with Crippen LogP contribution >= 0.6 is 59.4 Å². The normalized spacial score (nSPS) is 46.5. The molecule has 0 aromatic carbocycles. The topological polar surface area (TPSA) is 38.7 Å². The molecule has 2 aliphatic heterocycles. The van der Waals surface area contributed by atoms with Crippen molar-refractivity contribution >= 4 is 59.4 Å². The van der Waals surface area contributed by atoms with Crippen LogP contribution in [0.3, 0.4) is 0 Å². The second-order valence-corrected chi connectivity index (χ2v) is 9.15. The highest BCUT2D eigenvalue weighted by Crippen LogP contribution is 2.36. The van der Waals surface area contributed by atoms with Gasteiger partial charge in [-0.25, -0.2) is 0 Å². The van der Waals surface area contributed by atoms with Gasteiger partial charge in [0.05, 0.1) is 35.9 Å². The molecule has 1 unspecified atom stereocenters. The summed E-state index contributed by atoms with van der Waals surface area (Å²) in [7, 11) is 0. The first-order valence-electron chi connectivity index (χ1n) is 7.34. The van der Waals surface area contributed by atoms with E-state index in [-0.39, 0.29) is 39.4 Å². The van der Waals surface area contributed by atoms with Crippen LogP contribution in [0.1, 0.15) is 26.2 Å². The fourth-order valence-electron chi connectivity index (χ4n) is 2.87. The summed E-state index contributed by atoms with van der Waals surface area (Å²) in [4.78, 5) is 1.73. The van der Waals surface area contributed by atoms with Crippen LogP contribution in [0.15, 0.2) is 16.8 Å². The van der Waals surface area contributed by atoms with E-state index in [2.05, 4.69) is 53.5 Å². The molecular weight excluding hydrogens is 503 g/mol. The molecular formula is C15H20Br3ClO3. The van der Waals surface area contributed by atoms with Gasteiger partial charge in [0.1, 0.15) is 0 Å². The molecule has 2 aliphatic rings. The predicted molar refractivity (Wildman–Crippen MR) is 99.5 cm³/mol. The lowest BCUT2D eigenvalue weighted by atomic mass is 10.0. The Bertz CT molecular complexity index is 430. The summed E-state index contributed by atoms with van der Waals surface area (Å²) in [5.41, 5.74) is 2.99. The van der Waals surface area contributed by atoms with Crippen molar-refractivity contribution in [2.45, 2.75) is 71.7 Å². The standard InChI is InChI=1S/C15H20Br3ClO3/c1-8-15(20)11(18)6-10(17)13-7-12(19)14(22-13)5-9(21-8)3-2-4-16/h3-4,8-15,20H,5-7H2,1H3/t2?,8-,9?,10-,11+,12+,13-,14+,15+/m0/s1. The molecule has 2 heterocycles. The Morgan fingerprint density at radius 2 is 1.86 bits per heavy atom. The van der Waals surface area contributed by atoms with Crippen molar-refractivity contribution in [1.82, 2.24) is 0 Å². The minimum Gasteiger partial charge on any atom is -0.389 e. The lowest BCUT2D eigenvalue weighted by molar-refractivity contribution is -0.0639. The minimum atomic E-state index is -0.590. The van der Waals surface area contributed by atoms with Crippen LogP contribution < -0.4 is 0 Å². The van der Waals surface area contributed by atoms with Gasteiger partial charge < -0.3 is 14.6 Å². The van der Waals surface area contributed by atoms with E-state index in [1.54, 1.807) is 4.99 Å². The van der Waals surface area contributed by atoms with Gasteiger partial charge in [0, 0.05) is 21.1 Å². The summed E-state index contributed by atoms with van der Waals surface area (Å²) in [5, 5.41) is 10.4. The number of aliphatic hydroxyl groups excluding tert-OH is 1. The number of hydrogen-bond donors (Lipinski definition) is 1. The molecule has 0 amide bonds. The maximum absolute atomic E-state index is 10.4. The zero-order chi connectivity index (χ0) is 16.3. The van der Waals surface area contributed by atoms with Gasteiger partial charge in [-0.05, 0) is 25.8 Å². The molecule has 2 rings (SSSR count). The fraction of sp³-hybridized carbons (Fsp3) is 0.800. The largest absolute Gasteiger partial charge is 0.389 e. The van der Waals surface area contributed by atoms with E-state index in [1.165, 1.54) is 0 Å². The van der Waals surface area contributed by atoms with E-state index in [9.17, 15) is 5.11 Å². The average Bonchev–Trinajstić information content (AvgIpc) is 2.83. The minimum absolute atomic E-state index is 0.0223. The van der Waals surface area contributed by atoms with Crippen LogP contribution in [0.4, 0.5) is 0 Å². The Balaban J connectivity index is 2.22. The van der Waals surface area contributed by atoms with E-state index in [1.807, 2.05) is 13.0 Å². The van der Waals surface area contributed by atoms with E-state index >= 15 is 0 Å². The van der Waals surface area contributed by atoms with Crippen molar-refractivity contribution in [3.8, 4) is 0 Å². The number of ether oxygens (including phenoxy) is 2. The maximum Gasteiger partial charge on any atom is 0.0924 e. The zero-order valence-corrected chi connectivity index (χ0v) is 17.7. The van der Waals surface area contributed by atoms with Gasteiger partial charge in [-0.3, -0.25) is 0 Å². The van der Waals surface area contributed by atoms with Crippen LogP contribution in [0.2, 0.25) is 0 Å². The Labute approximate surface area is 161 Å². The lowest BCUT2D eigenvalue weighted by Crippen LogP contribution is -2.38. The predicted octanol–water partition coefficient (Wildman–Crippen LogP) is 4.27. The monoisotopic (exact) mass is 520 g/mol. The van der Waals surface area contributed by atoms with E-state index in [0.29, 0.717) is 6.42 Å². The third-order valence-electron chi connectivity index (χ3n) is 4.11. The highest BCUT2D eigenvalue weighted by atomic mass is 79.9. The van der Waals surface area contributed by atoms with Gasteiger partial charge in [-0.1, -0.05) is 47.8 Å². The molecule has 126 valence electrons. The first-order chi connectivity index (χ1) is 10.4. The molecule has 7 heteroatoms. The molecule has 3 nitrogen and oxygen atoms in total. The SMILES string of the molecule is C[C@@H]1OC(C=C=CBr)C[C@H]2O[C@@H](C[C@H]2Cl)[C@@H](Br)C[C@@H](Br)[C@@H]1O.